The number of para-hydroxylation sites is 1. The van der Waals surface area contributed by atoms with E-state index < -0.39 is 0 Å². The minimum absolute atomic E-state index is 0.0623. The van der Waals surface area contributed by atoms with Gasteiger partial charge in [-0.1, -0.05) is 31.4 Å². The molecule has 4 amide bonds. The molecule has 296 valence electrons. The lowest BCUT2D eigenvalue weighted by Gasteiger charge is -2.42. The zero-order chi connectivity index (χ0) is 39.5. The van der Waals surface area contributed by atoms with Crippen molar-refractivity contribution in [3.8, 4) is 0 Å². The second-order valence-corrected chi connectivity index (χ2v) is 16.1. The standard InChI is InChI=1S/C40H46N12O4S/c1-25-26(2)57-39(45-25)49-36(55)29-8-4-5-9-30(29)46-33(53)12-15-41-34(54)23-50-16-18-51(19-17-50)28-10-11-32(42-22-28)47-38-43-21-27-20-31-37(56)44-24-40(13-6-3-7-14-40)52(31)35(27)48-38/h4-5,8-11,20-22H,3,6-7,12-19,23-24H2,1-2H3,(H,41,54)(H,44,56)(H,46,53)(H,45,49,55)(H,42,43,47,48). The average molecular weight is 791 g/mol. The van der Waals surface area contributed by atoms with Crippen molar-refractivity contribution in [3.63, 3.8) is 0 Å². The molecule has 2 aliphatic heterocycles. The molecule has 0 unspecified atom stereocenters. The van der Waals surface area contributed by atoms with Crippen LogP contribution in [0.25, 0.3) is 11.0 Å². The molecule has 0 atom stereocenters. The van der Waals surface area contributed by atoms with Crippen LogP contribution in [0.2, 0.25) is 0 Å². The topological polar surface area (TPSA) is 191 Å². The van der Waals surface area contributed by atoms with E-state index in [1.165, 1.54) is 17.8 Å². The summed E-state index contributed by atoms with van der Waals surface area (Å²) in [6.45, 7) is 7.70. The van der Waals surface area contributed by atoms with Crippen LogP contribution in [0.3, 0.4) is 0 Å². The summed E-state index contributed by atoms with van der Waals surface area (Å²) in [5, 5.41) is 16.1. The van der Waals surface area contributed by atoms with Crippen molar-refractivity contribution in [2.75, 3.05) is 66.7 Å². The van der Waals surface area contributed by atoms with E-state index in [1.807, 2.05) is 38.2 Å². The normalized spacial score (nSPS) is 16.5. The number of anilines is 5. The molecule has 1 saturated heterocycles. The number of nitrogens with one attached hydrogen (secondary N) is 5. The van der Waals surface area contributed by atoms with Crippen LogP contribution in [0.1, 0.15) is 69.9 Å². The molecule has 6 heterocycles. The van der Waals surface area contributed by atoms with Gasteiger partial charge in [-0.2, -0.15) is 4.98 Å². The quantitative estimate of drug-likeness (QED) is 0.126. The van der Waals surface area contributed by atoms with Gasteiger partial charge in [-0.05, 0) is 57.0 Å². The van der Waals surface area contributed by atoms with Crippen LogP contribution in [-0.4, -0.2) is 98.8 Å². The number of aryl methyl sites for hydroxylation is 2. The maximum atomic E-state index is 12.9. The Morgan fingerprint density at radius 3 is 2.47 bits per heavy atom. The summed E-state index contributed by atoms with van der Waals surface area (Å²) >= 11 is 1.40. The van der Waals surface area contributed by atoms with E-state index in [2.05, 4.69) is 55.9 Å². The molecule has 0 radical (unpaired) electrons. The highest BCUT2D eigenvalue weighted by molar-refractivity contribution is 7.15. The highest BCUT2D eigenvalue weighted by Crippen LogP contribution is 2.40. The van der Waals surface area contributed by atoms with Crippen LogP contribution < -0.4 is 31.5 Å². The fourth-order valence-corrected chi connectivity index (χ4v) is 8.72. The lowest BCUT2D eigenvalue weighted by atomic mass is 9.80. The SMILES string of the molecule is Cc1nc(NC(=O)c2ccccc2NC(=O)CCNC(=O)CN2CCN(c3ccc(Nc4ncc5cc6n(c5n4)C4(CCCCC4)CNC6=O)nc3)CC2)sc1C. The molecule has 1 spiro atoms. The van der Waals surface area contributed by atoms with E-state index in [0.717, 1.165) is 66.1 Å². The summed E-state index contributed by atoms with van der Waals surface area (Å²) in [7, 11) is 0. The van der Waals surface area contributed by atoms with Crippen molar-refractivity contribution in [1.82, 2.24) is 40.0 Å². The molecular weight excluding hydrogens is 745 g/mol. The molecule has 3 aliphatic rings. The number of carbonyl (C=O) groups excluding carboxylic acids is 4. The van der Waals surface area contributed by atoms with Crippen molar-refractivity contribution in [3.05, 3.63) is 76.7 Å². The van der Waals surface area contributed by atoms with Crippen LogP contribution in [0.4, 0.5) is 28.3 Å². The first-order valence-electron chi connectivity index (χ1n) is 19.4. The summed E-state index contributed by atoms with van der Waals surface area (Å²) in [6.07, 6.45) is 9.14. The number of thiazole rings is 1. The Labute approximate surface area is 333 Å². The number of rotatable bonds is 11. The first-order valence-corrected chi connectivity index (χ1v) is 20.2. The minimum Gasteiger partial charge on any atom is -0.368 e. The van der Waals surface area contributed by atoms with E-state index >= 15 is 0 Å². The van der Waals surface area contributed by atoms with Crippen molar-refractivity contribution < 1.29 is 19.2 Å². The Bertz CT molecular complexity index is 2290. The number of benzene rings is 1. The predicted octanol–water partition coefficient (Wildman–Crippen LogP) is 4.57. The number of hydrogen-bond acceptors (Lipinski definition) is 12. The van der Waals surface area contributed by atoms with E-state index in [9.17, 15) is 19.2 Å². The largest absolute Gasteiger partial charge is 0.368 e. The Kier molecular flexibility index (Phi) is 10.8. The number of pyridine rings is 1. The third-order valence-electron chi connectivity index (χ3n) is 11.1. The summed E-state index contributed by atoms with van der Waals surface area (Å²) in [6, 6.07) is 12.6. The summed E-state index contributed by atoms with van der Waals surface area (Å²) in [5.74, 6) is 0.148. The van der Waals surface area contributed by atoms with Gasteiger partial charge in [0, 0.05) is 62.1 Å². The summed E-state index contributed by atoms with van der Waals surface area (Å²) in [4.78, 5) is 75.0. The van der Waals surface area contributed by atoms with Gasteiger partial charge in [-0.3, -0.25) is 29.4 Å². The summed E-state index contributed by atoms with van der Waals surface area (Å²) in [5.41, 5.74) is 3.82. The first-order chi connectivity index (χ1) is 27.6. The van der Waals surface area contributed by atoms with Gasteiger partial charge in [-0.25, -0.2) is 15.0 Å². The van der Waals surface area contributed by atoms with Gasteiger partial charge in [0.1, 0.15) is 17.2 Å². The zero-order valence-electron chi connectivity index (χ0n) is 32.1. The Hall–Kier alpha value is -5.94. The van der Waals surface area contributed by atoms with Crippen LogP contribution in [0, 0.1) is 13.8 Å². The monoisotopic (exact) mass is 790 g/mol. The minimum atomic E-state index is -0.362. The zero-order valence-corrected chi connectivity index (χ0v) is 32.9. The molecule has 16 nitrogen and oxygen atoms in total. The van der Waals surface area contributed by atoms with Gasteiger partial charge in [-0.15, -0.1) is 11.3 Å². The van der Waals surface area contributed by atoms with Gasteiger partial charge >= 0.3 is 0 Å². The second-order valence-electron chi connectivity index (χ2n) is 14.9. The highest BCUT2D eigenvalue weighted by atomic mass is 32.1. The first kappa shape index (κ1) is 38.0. The summed E-state index contributed by atoms with van der Waals surface area (Å²) < 4.78 is 2.16. The van der Waals surface area contributed by atoms with Gasteiger partial charge in [0.25, 0.3) is 11.8 Å². The highest BCUT2D eigenvalue weighted by Gasteiger charge is 2.41. The molecule has 8 rings (SSSR count). The molecule has 5 aromatic rings. The van der Waals surface area contributed by atoms with E-state index in [0.29, 0.717) is 53.5 Å². The van der Waals surface area contributed by atoms with Crippen LogP contribution in [-0.2, 0) is 15.1 Å². The molecule has 57 heavy (non-hydrogen) atoms. The van der Waals surface area contributed by atoms with Crippen LogP contribution >= 0.6 is 11.3 Å². The van der Waals surface area contributed by atoms with Gasteiger partial charge in [0.15, 0.2) is 5.13 Å². The van der Waals surface area contributed by atoms with Gasteiger partial charge in [0.2, 0.25) is 17.8 Å². The van der Waals surface area contributed by atoms with Crippen molar-refractivity contribution in [1.29, 1.82) is 0 Å². The second kappa shape index (κ2) is 16.3. The fraction of sp³-hybridized carbons (Fsp3) is 0.400. The molecule has 5 N–H and O–H groups in total. The van der Waals surface area contributed by atoms with Crippen molar-refractivity contribution in [2.24, 2.45) is 0 Å². The number of carbonyl (C=O) groups is 4. The number of amides is 4. The molecule has 2 fully saturated rings. The van der Waals surface area contributed by atoms with E-state index in [4.69, 9.17) is 4.98 Å². The van der Waals surface area contributed by atoms with Gasteiger partial charge < -0.3 is 30.7 Å². The van der Waals surface area contributed by atoms with Crippen LogP contribution in [0.15, 0.2) is 54.9 Å². The molecule has 4 aromatic heterocycles. The van der Waals surface area contributed by atoms with Crippen molar-refractivity contribution in [2.45, 2.75) is 57.9 Å². The number of nitrogens with zero attached hydrogens (tertiary/aromatic N) is 7. The molecule has 0 bridgehead atoms. The maximum absolute atomic E-state index is 12.9. The van der Waals surface area contributed by atoms with Crippen molar-refractivity contribution >= 4 is 74.3 Å². The Morgan fingerprint density at radius 1 is 0.912 bits per heavy atom. The molecule has 1 saturated carbocycles. The van der Waals surface area contributed by atoms with E-state index in [1.54, 1.807) is 30.5 Å². The Morgan fingerprint density at radius 2 is 1.72 bits per heavy atom. The Balaban J connectivity index is 0.785. The number of aromatic nitrogens is 5. The van der Waals surface area contributed by atoms with E-state index in [-0.39, 0.29) is 48.7 Å². The fourth-order valence-electron chi connectivity index (χ4n) is 7.91. The predicted molar refractivity (Wildman–Crippen MR) is 219 cm³/mol. The maximum Gasteiger partial charge on any atom is 0.268 e. The number of hydrogen-bond donors (Lipinski definition) is 5. The smallest absolute Gasteiger partial charge is 0.268 e. The third kappa shape index (κ3) is 8.30. The van der Waals surface area contributed by atoms with Crippen LogP contribution in [0.5, 0.6) is 0 Å². The lowest BCUT2D eigenvalue weighted by Crippen LogP contribution is -2.52. The lowest BCUT2D eigenvalue weighted by molar-refractivity contribution is -0.122. The molecule has 1 aliphatic carbocycles. The number of fused-ring (bicyclic) bond motifs is 4. The molecular formula is C40H46N12O4S. The average Bonchev–Trinajstić information content (AvgIpc) is 3.76. The third-order valence-corrected chi connectivity index (χ3v) is 12.1. The molecule has 1 aromatic carbocycles. The molecule has 17 heteroatoms. The number of piperazine rings is 1. The van der Waals surface area contributed by atoms with Gasteiger partial charge in [0.05, 0.1) is 40.9 Å².